The van der Waals surface area contributed by atoms with Gasteiger partial charge in [0.1, 0.15) is 24.6 Å². The van der Waals surface area contributed by atoms with Crippen LogP contribution in [-0.4, -0.2) is 85.6 Å². The van der Waals surface area contributed by atoms with Crippen LogP contribution in [-0.2, 0) is 9.47 Å². The molecule has 11 heteroatoms. The molecule has 2 aromatic heterocycles. The fraction of sp³-hybridized carbons (Fsp3) is 0.688. The van der Waals surface area contributed by atoms with E-state index < -0.39 is 31.1 Å². The lowest BCUT2D eigenvalue weighted by Crippen LogP contribution is -2.33. The maximum Gasteiger partial charge on any atom is 0.207 e. The van der Waals surface area contributed by atoms with Crippen LogP contribution in [0.1, 0.15) is 19.6 Å². The van der Waals surface area contributed by atoms with Gasteiger partial charge in [0.2, 0.25) is 5.95 Å². The summed E-state index contributed by atoms with van der Waals surface area (Å²) in [6.45, 7) is 3.40. The van der Waals surface area contributed by atoms with E-state index in [1.54, 1.807) is 4.57 Å². The predicted molar refractivity (Wildman–Crippen MR) is 95.3 cm³/mol. The predicted octanol–water partition coefficient (Wildman–Crippen LogP) is -0.930. The molecule has 5 N–H and O–H groups in total. The first-order chi connectivity index (χ1) is 13.1. The van der Waals surface area contributed by atoms with Gasteiger partial charge in [-0.3, -0.25) is 4.57 Å². The van der Waals surface area contributed by atoms with Gasteiger partial charge in [-0.25, -0.2) is 15.0 Å². The maximum atomic E-state index is 10.4. The molecule has 27 heavy (non-hydrogen) atoms. The van der Waals surface area contributed by atoms with Crippen LogP contribution >= 0.6 is 0 Å². The molecule has 4 heterocycles. The molecule has 11 nitrogen and oxygen atoms in total. The Labute approximate surface area is 155 Å². The first-order valence-corrected chi connectivity index (χ1v) is 9.07. The number of hydrogen-bond donors (Lipinski definition) is 5. The molecule has 2 fully saturated rings. The van der Waals surface area contributed by atoms with Crippen LogP contribution in [0.25, 0.3) is 11.2 Å². The van der Waals surface area contributed by atoms with Gasteiger partial charge in [0, 0.05) is 13.2 Å². The molecule has 2 aromatic rings. The highest BCUT2D eigenvalue weighted by atomic mass is 16.6. The van der Waals surface area contributed by atoms with Crippen molar-refractivity contribution in [1.29, 1.82) is 0 Å². The van der Waals surface area contributed by atoms with Gasteiger partial charge in [0.25, 0.3) is 0 Å². The van der Waals surface area contributed by atoms with Crippen LogP contribution in [0, 0.1) is 0 Å². The summed E-state index contributed by atoms with van der Waals surface area (Å²) in [4.78, 5) is 13.2. The summed E-state index contributed by atoms with van der Waals surface area (Å²) < 4.78 is 12.7. The van der Waals surface area contributed by atoms with E-state index in [1.165, 1.54) is 6.33 Å². The highest BCUT2D eigenvalue weighted by Crippen LogP contribution is 2.35. The summed E-state index contributed by atoms with van der Waals surface area (Å²) in [5.41, 5.74) is 0.982. The molecule has 2 saturated heterocycles. The number of imidazole rings is 1. The van der Waals surface area contributed by atoms with Crippen molar-refractivity contribution in [2.75, 3.05) is 37.0 Å². The molecule has 0 saturated carbocycles. The van der Waals surface area contributed by atoms with Crippen LogP contribution in [0.15, 0.2) is 6.33 Å². The normalized spacial score (nSPS) is 30.9. The van der Waals surface area contributed by atoms with Gasteiger partial charge < -0.3 is 35.4 Å². The molecule has 2 aliphatic heterocycles. The second kappa shape index (κ2) is 7.52. The van der Waals surface area contributed by atoms with Gasteiger partial charge in [0.05, 0.1) is 19.3 Å². The Morgan fingerprint density at radius 2 is 2.15 bits per heavy atom. The molecule has 148 valence electrons. The van der Waals surface area contributed by atoms with Gasteiger partial charge in [-0.2, -0.15) is 0 Å². The Bertz CT molecular complexity index is 795. The number of ether oxygens (including phenoxy) is 2. The average Bonchev–Trinajstić information content (AvgIpc) is 3.36. The molecule has 0 bridgehead atoms. The van der Waals surface area contributed by atoms with Gasteiger partial charge >= 0.3 is 0 Å². The zero-order valence-electron chi connectivity index (χ0n) is 14.9. The molecule has 3 unspecified atom stereocenters. The highest BCUT2D eigenvalue weighted by Gasteiger charge is 2.45. The topological polar surface area (TPSA) is 147 Å². The van der Waals surface area contributed by atoms with Crippen molar-refractivity contribution >= 4 is 22.9 Å². The minimum atomic E-state index is -1.23. The Balaban J connectivity index is 1.76. The first kappa shape index (κ1) is 18.3. The Kier molecular flexibility index (Phi) is 5.10. The van der Waals surface area contributed by atoms with E-state index in [4.69, 9.17) is 9.47 Å². The second-order valence-corrected chi connectivity index (χ2v) is 6.66. The number of nitrogens with one attached hydrogen (secondary N) is 2. The van der Waals surface area contributed by atoms with E-state index in [1.807, 2.05) is 6.92 Å². The van der Waals surface area contributed by atoms with E-state index in [0.29, 0.717) is 42.7 Å². The van der Waals surface area contributed by atoms with Crippen molar-refractivity contribution in [2.24, 2.45) is 0 Å². The number of aliphatic hydroxyl groups is 3. The number of aromatic nitrogens is 4. The third-order valence-electron chi connectivity index (χ3n) is 4.85. The summed E-state index contributed by atoms with van der Waals surface area (Å²) in [7, 11) is 0. The number of anilines is 2. The monoisotopic (exact) mass is 380 g/mol. The molecule has 0 radical (unpaired) electrons. The average molecular weight is 380 g/mol. The lowest BCUT2D eigenvalue weighted by atomic mass is 10.1. The van der Waals surface area contributed by atoms with Crippen molar-refractivity contribution in [3.63, 3.8) is 0 Å². The molecule has 0 amide bonds. The highest BCUT2D eigenvalue weighted by molar-refractivity contribution is 5.85. The number of fused-ring (bicyclic) bond motifs is 1. The summed E-state index contributed by atoms with van der Waals surface area (Å²) >= 11 is 0. The van der Waals surface area contributed by atoms with E-state index in [9.17, 15) is 15.3 Å². The minimum Gasteiger partial charge on any atom is -0.394 e. The van der Waals surface area contributed by atoms with E-state index >= 15 is 0 Å². The second-order valence-electron chi connectivity index (χ2n) is 6.66. The lowest BCUT2D eigenvalue weighted by Gasteiger charge is -2.19. The molecule has 0 spiro atoms. The first-order valence-electron chi connectivity index (χ1n) is 9.07. The lowest BCUT2D eigenvalue weighted by molar-refractivity contribution is -0.0501. The van der Waals surface area contributed by atoms with Gasteiger partial charge in [-0.05, 0) is 13.3 Å². The zero-order valence-corrected chi connectivity index (χ0v) is 14.9. The standard InChI is InChI=1S/C16H24N6O5/c1-2-17-16-21-10-13(20-8-3-4-26-6-8)18-7-19-14(10)22(16)15-12(25)11(24)9(5-23)27-15/h7-9,11-12,15,23-25H,2-6H2,1H3,(H,17,21)(H,18,19,20)/t8?,9?,11-,12-,15?/m1/s1. The molecule has 4 rings (SSSR count). The van der Waals surface area contributed by atoms with E-state index in [0.717, 1.165) is 6.42 Å². The molecular formula is C16H24N6O5. The summed E-state index contributed by atoms with van der Waals surface area (Å²) in [5, 5.41) is 36.4. The minimum absolute atomic E-state index is 0.143. The number of rotatable bonds is 6. The molecule has 0 aliphatic carbocycles. The van der Waals surface area contributed by atoms with Crippen LogP contribution in [0.5, 0.6) is 0 Å². The third-order valence-corrected chi connectivity index (χ3v) is 4.85. The molecular weight excluding hydrogens is 356 g/mol. The summed E-state index contributed by atoms with van der Waals surface area (Å²) in [5.74, 6) is 1.01. The number of nitrogens with zero attached hydrogens (tertiary/aromatic N) is 4. The quantitative estimate of drug-likeness (QED) is 0.426. The SMILES string of the molecule is CCNc1nc2c(NC3CCOC3)ncnc2n1C1OC(CO)[C@@H](O)[C@H]1O. The Morgan fingerprint density at radius 1 is 1.30 bits per heavy atom. The molecule has 5 atom stereocenters. The summed E-state index contributed by atoms with van der Waals surface area (Å²) in [6.07, 6.45) is -1.97. The largest absolute Gasteiger partial charge is 0.394 e. The number of hydrogen-bond acceptors (Lipinski definition) is 10. The van der Waals surface area contributed by atoms with Crippen molar-refractivity contribution in [2.45, 2.75) is 43.9 Å². The van der Waals surface area contributed by atoms with Crippen molar-refractivity contribution in [3.8, 4) is 0 Å². The Hall–Kier alpha value is -2.05. The summed E-state index contributed by atoms with van der Waals surface area (Å²) in [6, 6.07) is 0.143. The van der Waals surface area contributed by atoms with Gasteiger partial charge in [0.15, 0.2) is 23.2 Å². The van der Waals surface area contributed by atoms with E-state index in [-0.39, 0.29) is 6.04 Å². The Morgan fingerprint density at radius 3 is 2.81 bits per heavy atom. The molecule has 0 aromatic carbocycles. The van der Waals surface area contributed by atoms with Crippen LogP contribution < -0.4 is 10.6 Å². The van der Waals surface area contributed by atoms with Crippen molar-refractivity contribution < 1.29 is 24.8 Å². The van der Waals surface area contributed by atoms with E-state index in [2.05, 4.69) is 25.6 Å². The molecule has 2 aliphatic rings. The van der Waals surface area contributed by atoms with Gasteiger partial charge in [-0.1, -0.05) is 0 Å². The van der Waals surface area contributed by atoms with Crippen LogP contribution in [0.4, 0.5) is 11.8 Å². The zero-order chi connectivity index (χ0) is 19.0. The van der Waals surface area contributed by atoms with Crippen LogP contribution in [0.2, 0.25) is 0 Å². The number of aliphatic hydroxyl groups excluding tert-OH is 3. The van der Waals surface area contributed by atoms with Crippen molar-refractivity contribution in [3.05, 3.63) is 6.33 Å². The smallest absolute Gasteiger partial charge is 0.207 e. The maximum absolute atomic E-state index is 10.4. The fourth-order valence-electron chi connectivity index (χ4n) is 3.47. The third kappa shape index (κ3) is 3.21. The van der Waals surface area contributed by atoms with Gasteiger partial charge in [-0.15, -0.1) is 0 Å². The van der Waals surface area contributed by atoms with Crippen LogP contribution in [0.3, 0.4) is 0 Å². The fourth-order valence-corrected chi connectivity index (χ4v) is 3.47. The van der Waals surface area contributed by atoms with Crippen molar-refractivity contribution in [1.82, 2.24) is 19.5 Å².